The zero-order valence-corrected chi connectivity index (χ0v) is 11.1. The number of hydrogen-bond donors (Lipinski definition) is 0. The van der Waals surface area contributed by atoms with Crippen LogP contribution >= 0.6 is 15.9 Å². The molecular formula is C15H12BrN. The van der Waals surface area contributed by atoms with E-state index in [1.807, 2.05) is 0 Å². The third kappa shape index (κ3) is 1.79. The zero-order valence-electron chi connectivity index (χ0n) is 9.52. The summed E-state index contributed by atoms with van der Waals surface area (Å²) in [6, 6.07) is 19.1. The van der Waals surface area contributed by atoms with Crippen molar-refractivity contribution in [2.75, 3.05) is 0 Å². The van der Waals surface area contributed by atoms with Gasteiger partial charge >= 0.3 is 0 Å². The number of aryl methyl sites for hydroxylation is 1. The van der Waals surface area contributed by atoms with Gasteiger partial charge in [0.15, 0.2) is 0 Å². The van der Waals surface area contributed by atoms with Crippen LogP contribution in [0.2, 0.25) is 0 Å². The van der Waals surface area contributed by atoms with Crippen LogP contribution in [0.15, 0.2) is 59.1 Å². The Morgan fingerprint density at radius 3 is 2.41 bits per heavy atom. The van der Waals surface area contributed by atoms with Gasteiger partial charge in [-0.05, 0) is 43.3 Å². The van der Waals surface area contributed by atoms with Gasteiger partial charge in [-0.25, -0.2) is 0 Å². The van der Waals surface area contributed by atoms with Gasteiger partial charge in [-0.15, -0.1) is 0 Å². The summed E-state index contributed by atoms with van der Waals surface area (Å²) in [5, 5.41) is 1.29. The van der Waals surface area contributed by atoms with E-state index in [2.05, 4.69) is 82.0 Å². The Morgan fingerprint density at radius 1 is 0.941 bits per heavy atom. The smallest absolute Gasteiger partial charge is 0.0531 e. The number of benzene rings is 2. The van der Waals surface area contributed by atoms with Crippen LogP contribution in [0.25, 0.3) is 16.6 Å². The maximum absolute atomic E-state index is 3.47. The van der Waals surface area contributed by atoms with Gasteiger partial charge in [-0.2, -0.15) is 0 Å². The minimum absolute atomic E-state index is 1.11. The lowest BCUT2D eigenvalue weighted by atomic mass is 10.2. The summed E-state index contributed by atoms with van der Waals surface area (Å²) < 4.78 is 3.39. The second kappa shape index (κ2) is 4.04. The fourth-order valence-corrected chi connectivity index (χ4v) is 2.49. The van der Waals surface area contributed by atoms with Crippen molar-refractivity contribution in [2.24, 2.45) is 0 Å². The standard InChI is InChI=1S/C15H12BrN/c1-11-10-12-4-2-3-5-15(12)17(11)14-8-6-13(16)7-9-14/h2-10H,1H3. The van der Waals surface area contributed by atoms with E-state index in [-0.39, 0.29) is 0 Å². The molecule has 17 heavy (non-hydrogen) atoms. The molecule has 0 unspecified atom stereocenters. The van der Waals surface area contributed by atoms with Crippen LogP contribution in [0.4, 0.5) is 0 Å². The van der Waals surface area contributed by atoms with E-state index in [0.29, 0.717) is 0 Å². The first kappa shape index (κ1) is 10.6. The number of aromatic nitrogens is 1. The second-order valence-corrected chi connectivity index (χ2v) is 5.07. The number of rotatable bonds is 1. The summed E-state index contributed by atoms with van der Waals surface area (Å²) >= 11 is 3.47. The van der Waals surface area contributed by atoms with Crippen molar-refractivity contribution in [3.05, 3.63) is 64.8 Å². The van der Waals surface area contributed by atoms with Gasteiger partial charge in [-0.3, -0.25) is 0 Å². The monoisotopic (exact) mass is 285 g/mol. The van der Waals surface area contributed by atoms with Gasteiger partial charge < -0.3 is 4.57 Å². The van der Waals surface area contributed by atoms with Gasteiger partial charge in [0.25, 0.3) is 0 Å². The third-order valence-corrected chi connectivity index (χ3v) is 3.51. The highest BCUT2D eigenvalue weighted by atomic mass is 79.9. The maximum atomic E-state index is 3.47. The Labute approximate surface area is 109 Å². The van der Waals surface area contributed by atoms with Crippen molar-refractivity contribution in [3.63, 3.8) is 0 Å². The summed E-state index contributed by atoms with van der Waals surface area (Å²) in [4.78, 5) is 0. The van der Waals surface area contributed by atoms with E-state index in [9.17, 15) is 0 Å². The van der Waals surface area contributed by atoms with E-state index in [0.717, 1.165) is 4.47 Å². The molecular weight excluding hydrogens is 274 g/mol. The molecule has 0 aliphatic carbocycles. The van der Waals surface area contributed by atoms with Crippen molar-refractivity contribution in [1.29, 1.82) is 0 Å². The first-order valence-electron chi connectivity index (χ1n) is 5.59. The predicted octanol–water partition coefficient (Wildman–Crippen LogP) is 4.70. The topological polar surface area (TPSA) is 4.93 Å². The highest BCUT2D eigenvalue weighted by molar-refractivity contribution is 9.10. The van der Waals surface area contributed by atoms with Crippen LogP contribution < -0.4 is 0 Å². The molecule has 0 aliphatic rings. The third-order valence-electron chi connectivity index (χ3n) is 2.98. The number of hydrogen-bond acceptors (Lipinski definition) is 0. The highest BCUT2D eigenvalue weighted by Gasteiger charge is 2.06. The van der Waals surface area contributed by atoms with E-state index >= 15 is 0 Å². The van der Waals surface area contributed by atoms with Gasteiger partial charge in [0, 0.05) is 21.2 Å². The molecule has 0 radical (unpaired) electrons. The fraction of sp³-hybridized carbons (Fsp3) is 0.0667. The molecule has 0 spiro atoms. The molecule has 1 heterocycles. The second-order valence-electron chi connectivity index (χ2n) is 4.16. The minimum Gasteiger partial charge on any atom is -0.314 e. The molecule has 0 aliphatic heterocycles. The van der Waals surface area contributed by atoms with Crippen LogP contribution in [0.5, 0.6) is 0 Å². The molecule has 2 aromatic carbocycles. The quantitative estimate of drug-likeness (QED) is 0.611. The summed E-state index contributed by atoms with van der Waals surface area (Å²) in [5.41, 5.74) is 3.72. The molecule has 3 aromatic rings. The maximum Gasteiger partial charge on any atom is 0.0531 e. The number of nitrogens with zero attached hydrogens (tertiary/aromatic N) is 1. The molecule has 1 nitrogen and oxygen atoms in total. The Kier molecular flexibility index (Phi) is 2.52. The van der Waals surface area contributed by atoms with Crippen molar-refractivity contribution < 1.29 is 0 Å². The van der Waals surface area contributed by atoms with Crippen molar-refractivity contribution >= 4 is 26.8 Å². The van der Waals surface area contributed by atoms with Crippen LogP contribution in [-0.4, -0.2) is 4.57 Å². The summed E-state index contributed by atoms with van der Waals surface area (Å²) in [6.07, 6.45) is 0. The predicted molar refractivity (Wildman–Crippen MR) is 75.7 cm³/mol. The van der Waals surface area contributed by atoms with E-state index in [1.54, 1.807) is 0 Å². The molecule has 3 rings (SSSR count). The molecule has 0 bridgehead atoms. The van der Waals surface area contributed by atoms with E-state index < -0.39 is 0 Å². The van der Waals surface area contributed by atoms with E-state index in [1.165, 1.54) is 22.3 Å². The number of fused-ring (bicyclic) bond motifs is 1. The Bertz CT molecular complexity index is 665. The minimum atomic E-state index is 1.11. The Hall–Kier alpha value is -1.54. The number of para-hydroxylation sites is 1. The molecule has 0 atom stereocenters. The molecule has 0 saturated carbocycles. The highest BCUT2D eigenvalue weighted by Crippen LogP contribution is 2.24. The Balaban J connectivity index is 2.29. The molecule has 84 valence electrons. The lowest BCUT2D eigenvalue weighted by Crippen LogP contribution is -1.95. The SMILES string of the molecule is Cc1cc2ccccc2n1-c1ccc(Br)cc1. The number of halogens is 1. The normalized spacial score (nSPS) is 10.9. The lowest BCUT2D eigenvalue weighted by molar-refractivity contribution is 1.05. The first-order valence-corrected chi connectivity index (χ1v) is 6.38. The molecule has 1 aromatic heterocycles. The average molecular weight is 286 g/mol. The fourth-order valence-electron chi connectivity index (χ4n) is 2.23. The molecule has 0 amide bonds. The average Bonchev–Trinajstić information content (AvgIpc) is 2.66. The summed E-state index contributed by atoms with van der Waals surface area (Å²) in [7, 11) is 0. The van der Waals surface area contributed by atoms with E-state index in [4.69, 9.17) is 0 Å². The molecule has 0 saturated heterocycles. The van der Waals surface area contributed by atoms with Crippen LogP contribution in [0.1, 0.15) is 5.69 Å². The summed E-state index contributed by atoms with van der Waals surface area (Å²) in [6.45, 7) is 2.14. The molecule has 2 heteroatoms. The van der Waals surface area contributed by atoms with Crippen LogP contribution in [0.3, 0.4) is 0 Å². The molecule has 0 N–H and O–H groups in total. The van der Waals surface area contributed by atoms with Crippen molar-refractivity contribution in [3.8, 4) is 5.69 Å². The first-order chi connectivity index (χ1) is 8.25. The van der Waals surface area contributed by atoms with Gasteiger partial charge in [0.05, 0.1) is 5.52 Å². The van der Waals surface area contributed by atoms with Gasteiger partial charge in [-0.1, -0.05) is 34.1 Å². The lowest BCUT2D eigenvalue weighted by Gasteiger charge is -2.08. The van der Waals surface area contributed by atoms with Crippen molar-refractivity contribution in [2.45, 2.75) is 6.92 Å². The zero-order chi connectivity index (χ0) is 11.8. The largest absolute Gasteiger partial charge is 0.314 e. The molecule has 0 fully saturated rings. The Morgan fingerprint density at radius 2 is 1.65 bits per heavy atom. The summed E-state index contributed by atoms with van der Waals surface area (Å²) in [5.74, 6) is 0. The van der Waals surface area contributed by atoms with Gasteiger partial charge in [0.2, 0.25) is 0 Å². The van der Waals surface area contributed by atoms with Crippen LogP contribution in [0, 0.1) is 6.92 Å². The van der Waals surface area contributed by atoms with Crippen LogP contribution in [-0.2, 0) is 0 Å². The van der Waals surface area contributed by atoms with Gasteiger partial charge in [0.1, 0.15) is 0 Å². The van der Waals surface area contributed by atoms with Crippen molar-refractivity contribution in [1.82, 2.24) is 4.57 Å².